The zero-order chi connectivity index (χ0) is 19.6. The monoisotopic (exact) mass is 431 g/mol. The van der Waals surface area contributed by atoms with Gasteiger partial charge in [-0.1, -0.05) is 6.07 Å². The molecule has 3 aliphatic rings. The topological polar surface area (TPSA) is 141 Å². The van der Waals surface area contributed by atoms with Crippen LogP contribution in [0.1, 0.15) is 5.56 Å². The van der Waals surface area contributed by atoms with Gasteiger partial charge in [0.25, 0.3) is 0 Å². The van der Waals surface area contributed by atoms with Crippen molar-refractivity contribution < 1.29 is 25.3 Å². The molecule has 0 saturated carbocycles. The summed E-state index contributed by atoms with van der Waals surface area (Å²) in [7, 11) is -11.1. The van der Waals surface area contributed by atoms with E-state index in [9.17, 15) is 25.3 Å². The summed E-state index contributed by atoms with van der Waals surface area (Å²) in [5.41, 5.74) is 0.150. The fraction of sp³-hybridized carbons (Fsp3) is 0.533. The van der Waals surface area contributed by atoms with Crippen molar-refractivity contribution in [2.75, 3.05) is 23.0 Å². The highest BCUT2D eigenvalue weighted by Crippen LogP contribution is 2.36. The maximum Gasteiger partial charge on any atom is 0.243 e. The van der Waals surface area contributed by atoms with E-state index in [0.29, 0.717) is 0 Å². The Kier molecular flexibility index (Phi) is 4.17. The van der Waals surface area contributed by atoms with E-state index in [1.807, 2.05) is 6.07 Å². The summed E-state index contributed by atoms with van der Waals surface area (Å²) in [6.07, 6.45) is 0. The molecule has 0 amide bonds. The normalized spacial score (nSPS) is 34.5. The van der Waals surface area contributed by atoms with Crippen LogP contribution in [0.3, 0.4) is 0 Å². The summed E-state index contributed by atoms with van der Waals surface area (Å²) in [6, 6.07) is 4.25. The van der Waals surface area contributed by atoms with Gasteiger partial charge in [0.05, 0.1) is 51.6 Å². The number of piperazine rings is 1. The molecular weight excluding hydrogens is 414 g/mol. The van der Waals surface area contributed by atoms with Gasteiger partial charge < -0.3 is 5.32 Å². The number of nitriles is 1. The van der Waals surface area contributed by atoms with Gasteiger partial charge in [-0.05, 0) is 18.2 Å². The van der Waals surface area contributed by atoms with Crippen molar-refractivity contribution in [3.8, 4) is 6.07 Å². The fourth-order valence-electron chi connectivity index (χ4n) is 4.20. The lowest BCUT2D eigenvalue weighted by Gasteiger charge is -2.43. The molecule has 3 aliphatic heterocycles. The minimum atomic E-state index is -4.19. The van der Waals surface area contributed by atoms with Gasteiger partial charge in [0.2, 0.25) is 10.0 Å². The van der Waals surface area contributed by atoms with Crippen molar-refractivity contribution in [1.29, 1.82) is 5.26 Å². The first-order valence-electron chi connectivity index (χ1n) is 8.23. The predicted molar refractivity (Wildman–Crippen MR) is 95.8 cm³/mol. The molecule has 146 valence electrons. The van der Waals surface area contributed by atoms with Gasteiger partial charge in [0.15, 0.2) is 19.7 Å². The van der Waals surface area contributed by atoms with Gasteiger partial charge in [0, 0.05) is 12.1 Å². The van der Waals surface area contributed by atoms with Gasteiger partial charge in [-0.3, -0.25) is 0 Å². The van der Waals surface area contributed by atoms with Crippen molar-refractivity contribution in [2.45, 2.75) is 29.1 Å². The van der Waals surface area contributed by atoms with Crippen LogP contribution >= 0.6 is 0 Å². The lowest BCUT2D eigenvalue weighted by molar-refractivity contribution is 0.160. The van der Waals surface area contributed by atoms with E-state index < -0.39 is 53.9 Å². The molecular formula is C15H17N3O6S3. The Bertz CT molecular complexity index is 1110. The molecule has 9 nitrogen and oxygen atoms in total. The smallest absolute Gasteiger partial charge is 0.243 e. The number of hydrogen-bond acceptors (Lipinski definition) is 8. The number of rotatable bonds is 2. The number of nitrogens with one attached hydrogen (secondary N) is 1. The maximum atomic E-state index is 13.4. The summed E-state index contributed by atoms with van der Waals surface area (Å²) < 4.78 is 76.3. The molecule has 12 heteroatoms. The molecule has 3 saturated heterocycles. The minimum absolute atomic E-state index is 0.144. The van der Waals surface area contributed by atoms with Crippen LogP contribution in [-0.4, -0.2) is 76.7 Å². The van der Waals surface area contributed by atoms with E-state index in [4.69, 9.17) is 5.26 Å². The van der Waals surface area contributed by atoms with Gasteiger partial charge >= 0.3 is 0 Å². The maximum absolute atomic E-state index is 13.4. The average molecular weight is 432 g/mol. The quantitative estimate of drug-likeness (QED) is 0.595. The first-order valence-corrected chi connectivity index (χ1v) is 13.3. The summed E-state index contributed by atoms with van der Waals surface area (Å²) in [5.74, 6) is -1.17. The van der Waals surface area contributed by atoms with E-state index >= 15 is 0 Å². The lowest BCUT2D eigenvalue weighted by atomic mass is 10.0. The third kappa shape index (κ3) is 3.17. The number of sulfonamides is 1. The van der Waals surface area contributed by atoms with E-state index in [2.05, 4.69) is 5.32 Å². The van der Waals surface area contributed by atoms with E-state index in [-0.39, 0.29) is 33.5 Å². The van der Waals surface area contributed by atoms with Gasteiger partial charge in [-0.25, -0.2) is 25.3 Å². The summed E-state index contributed by atoms with van der Waals surface area (Å²) in [5, 5.41) is 12.1. The van der Waals surface area contributed by atoms with Crippen molar-refractivity contribution in [2.24, 2.45) is 0 Å². The predicted octanol–water partition coefficient (Wildman–Crippen LogP) is -1.52. The van der Waals surface area contributed by atoms with Crippen LogP contribution in [-0.2, 0) is 29.7 Å². The SMILES string of the molecule is N#Cc1cccc(S(=O)(=O)N2[C@@H]3CS(=O)(=O)C[C@@H]3N[C@H]3CS(=O)(=O)C[C@@H]32)c1. The van der Waals surface area contributed by atoms with Crippen molar-refractivity contribution in [1.82, 2.24) is 9.62 Å². The molecule has 27 heavy (non-hydrogen) atoms. The molecule has 1 N–H and O–H groups in total. The molecule has 0 aromatic heterocycles. The number of nitrogens with zero attached hydrogens (tertiary/aromatic N) is 2. The Balaban J connectivity index is 1.84. The number of sulfone groups is 2. The molecule has 3 heterocycles. The summed E-state index contributed by atoms with van der Waals surface area (Å²) >= 11 is 0. The molecule has 0 aliphatic carbocycles. The first-order chi connectivity index (χ1) is 12.5. The minimum Gasteiger partial charge on any atom is -0.306 e. The Hall–Kier alpha value is -1.52. The molecule has 4 rings (SSSR count). The Labute approximate surface area is 157 Å². The van der Waals surface area contributed by atoms with Crippen LogP contribution in [0.25, 0.3) is 0 Å². The second-order valence-corrected chi connectivity index (χ2v) is 13.3. The standard InChI is InChI=1S/C15H17N3O6S3/c16-5-10-2-1-3-11(4-10)27(23,24)18-14-8-25(19,20)6-12(14)17-13-7-26(21,22)9-15(13)18/h1-4,12-15,17H,6-9H2/t12-,13-,14-,15+/m0/s1. The van der Waals surface area contributed by atoms with Crippen molar-refractivity contribution >= 4 is 29.7 Å². The largest absolute Gasteiger partial charge is 0.306 e. The van der Waals surface area contributed by atoms with Crippen LogP contribution in [0.2, 0.25) is 0 Å². The van der Waals surface area contributed by atoms with Crippen molar-refractivity contribution in [3.05, 3.63) is 29.8 Å². The highest BCUT2D eigenvalue weighted by atomic mass is 32.2. The van der Waals surface area contributed by atoms with Gasteiger partial charge in [0.1, 0.15) is 0 Å². The highest BCUT2D eigenvalue weighted by Gasteiger charge is 2.57. The lowest BCUT2D eigenvalue weighted by Crippen LogP contribution is -2.67. The Morgan fingerprint density at radius 1 is 1.00 bits per heavy atom. The van der Waals surface area contributed by atoms with Crippen LogP contribution in [0.15, 0.2) is 29.2 Å². The zero-order valence-electron chi connectivity index (χ0n) is 14.0. The van der Waals surface area contributed by atoms with Crippen LogP contribution in [0.5, 0.6) is 0 Å². The van der Waals surface area contributed by atoms with E-state index in [0.717, 1.165) is 4.31 Å². The van der Waals surface area contributed by atoms with E-state index in [1.165, 1.54) is 24.3 Å². The highest BCUT2D eigenvalue weighted by molar-refractivity contribution is 7.92. The van der Waals surface area contributed by atoms with Crippen molar-refractivity contribution in [3.63, 3.8) is 0 Å². The number of fused-ring (bicyclic) bond motifs is 2. The first kappa shape index (κ1) is 18.8. The molecule has 0 bridgehead atoms. The molecule has 0 radical (unpaired) electrons. The molecule has 0 spiro atoms. The number of benzene rings is 1. The van der Waals surface area contributed by atoms with Crippen LogP contribution in [0.4, 0.5) is 0 Å². The average Bonchev–Trinajstić information content (AvgIpc) is 3.04. The van der Waals surface area contributed by atoms with Gasteiger partial charge in [-0.15, -0.1) is 0 Å². The third-order valence-electron chi connectivity index (χ3n) is 5.27. The second kappa shape index (κ2) is 5.99. The van der Waals surface area contributed by atoms with Gasteiger partial charge in [-0.2, -0.15) is 9.57 Å². The second-order valence-electron chi connectivity index (χ2n) is 7.14. The summed E-state index contributed by atoms with van der Waals surface area (Å²) in [6.45, 7) is 0. The van der Waals surface area contributed by atoms with Crippen LogP contribution < -0.4 is 5.32 Å². The molecule has 3 fully saturated rings. The Morgan fingerprint density at radius 3 is 2.07 bits per heavy atom. The summed E-state index contributed by atoms with van der Waals surface area (Å²) in [4.78, 5) is -0.144. The molecule has 1 aromatic rings. The fourth-order valence-corrected chi connectivity index (χ4v) is 10.1. The van der Waals surface area contributed by atoms with Crippen LogP contribution in [0, 0.1) is 11.3 Å². The zero-order valence-corrected chi connectivity index (χ0v) is 16.5. The molecule has 4 atom stereocenters. The molecule has 1 aromatic carbocycles. The Morgan fingerprint density at radius 2 is 1.56 bits per heavy atom. The molecule has 0 unspecified atom stereocenters. The third-order valence-corrected chi connectivity index (χ3v) is 10.6. The van der Waals surface area contributed by atoms with E-state index in [1.54, 1.807) is 0 Å². The number of hydrogen-bond donors (Lipinski definition) is 1.